The number of amides is 2. The first-order valence-electron chi connectivity index (χ1n) is 9.87. The van der Waals surface area contributed by atoms with Crippen molar-refractivity contribution in [3.8, 4) is 0 Å². The van der Waals surface area contributed by atoms with E-state index < -0.39 is 5.91 Å². The fourth-order valence-electron chi connectivity index (χ4n) is 2.75. The number of nitrogens with zero attached hydrogens (tertiary/aromatic N) is 2. The van der Waals surface area contributed by atoms with Crippen molar-refractivity contribution in [1.29, 1.82) is 0 Å². The molecule has 0 aliphatic rings. The fraction of sp³-hybridized carbons (Fsp3) is 0.0800. The van der Waals surface area contributed by atoms with Crippen LogP contribution in [0.25, 0.3) is 6.08 Å². The van der Waals surface area contributed by atoms with Crippen molar-refractivity contribution in [3.63, 3.8) is 0 Å². The minimum absolute atomic E-state index is 0.0874. The zero-order valence-electron chi connectivity index (χ0n) is 17.7. The Labute approximate surface area is 195 Å². The zero-order valence-corrected chi connectivity index (χ0v) is 19.3. The van der Waals surface area contributed by atoms with Crippen LogP contribution >= 0.6 is 15.9 Å². The molecule has 6 nitrogen and oxygen atoms in total. The zero-order chi connectivity index (χ0) is 22.9. The lowest BCUT2D eigenvalue weighted by molar-refractivity contribution is -0.117. The van der Waals surface area contributed by atoms with Gasteiger partial charge >= 0.3 is 0 Å². The molecule has 0 saturated carbocycles. The standard InChI is InChI=1S/C25H23BrN4O2/c1-30(2)22-14-10-18(11-15-22)16-23(28-24(31)20-6-4-3-5-7-20)25(32)29-27-17-19-8-12-21(26)13-9-19/h3-17H,1-2H3,(H,28,31)(H,29,32)/b23-16+,27-17-. The van der Waals surface area contributed by atoms with Gasteiger partial charge in [-0.2, -0.15) is 5.10 Å². The summed E-state index contributed by atoms with van der Waals surface area (Å²) in [6.45, 7) is 0. The third-order valence-electron chi connectivity index (χ3n) is 4.50. The normalized spacial score (nSPS) is 11.3. The molecule has 32 heavy (non-hydrogen) atoms. The van der Waals surface area contributed by atoms with Crippen molar-refractivity contribution in [2.75, 3.05) is 19.0 Å². The Balaban J connectivity index is 1.80. The van der Waals surface area contributed by atoms with E-state index in [1.807, 2.05) is 73.6 Å². The van der Waals surface area contributed by atoms with Crippen LogP contribution in [0.2, 0.25) is 0 Å². The summed E-state index contributed by atoms with van der Waals surface area (Å²) < 4.78 is 0.952. The summed E-state index contributed by atoms with van der Waals surface area (Å²) in [6, 6.07) is 23.8. The Morgan fingerprint density at radius 1 is 0.875 bits per heavy atom. The third-order valence-corrected chi connectivity index (χ3v) is 5.03. The third kappa shape index (κ3) is 6.65. The van der Waals surface area contributed by atoms with E-state index in [0.29, 0.717) is 5.56 Å². The van der Waals surface area contributed by atoms with Crippen molar-refractivity contribution in [2.24, 2.45) is 5.10 Å². The van der Waals surface area contributed by atoms with Crippen LogP contribution in [0, 0.1) is 0 Å². The molecular formula is C25H23BrN4O2. The second-order valence-corrected chi connectivity index (χ2v) is 8.03. The quantitative estimate of drug-likeness (QED) is 0.292. The van der Waals surface area contributed by atoms with Crippen molar-refractivity contribution < 1.29 is 9.59 Å². The number of carbonyl (C=O) groups is 2. The molecule has 162 valence electrons. The molecule has 2 amide bonds. The van der Waals surface area contributed by atoms with Gasteiger partial charge in [0.1, 0.15) is 5.70 Å². The van der Waals surface area contributed by atoms with Crippen molar-refractivity contribution in [1.82, 2.24) is 10.7 Å². The number of rotatable bonds is 7. The highest BCUT2D eigenvalue weighted by molar-refractivity contribution is 9.10. The predicted molar refractivity (Wildman–Crippen MR) is 133 cm³/mol. The summed E-state index contributed by atoms with van der Waals surface area (Å²) in [6.07, 6.45) is 3.15. The van der Waals surface area contributed by atoms with Crippen LogP contribution in [0.3, 0.4) is 0 Å². The molecule has 0 unspecified atom stereocenters. The van der Waals surface area contributed by atoms with Gasteiger partial charge in [0.15, 0.2) is 0 Å². The van der Waals surface area contributed by atoms with E-state index in [2.05, 4.69) is 31.8 Å². The Morgan fingerprint density at radius 3 is 2.12 bits per heavy atom. The van der Waals surface area contributed by atoms with Gasteiger partial charge in [-0.25, -0.2) is 5.43 Å². The second kappa shape index (κ2) is 11.1. The number of hydrogen-bond donors (Lipinski definition) is 2. The van der Waals surface area contributed by atoms with Crippen LogP contribution in [-0.2, 0) is 4.79 Å². The fourth-order valence-corrected chi connectivity index (χ4v) is 3.02. The molecule has 3 aromatic carbocycles. The summed E-state index contributed by atoms with van der Waals surface area (Å²) in [7, 11) is 3.90. The molecular weight excluding hydrogens is 468 g/mol. The first-order valence-corrected chi connectivity index (χ1v) is 10.7. The SMILES string of the molecule is CN(C)c1ccc(/C=C(/NC(=O)c2ccccc2)C(=O)N/N=C\c2ccc(Br)cc2)cc1. The van der Waals surface area contributed by atoms with E-state index in [4.69, 9.17) is 0 Å². The molecule has 7 heteroatoms. The van der Waals surface area contributed by atoms with E-state index in [9.17, 15) is 9.59 Å². The Bertz CT molecular complexity index is 1120. The van der Waals surface area contributed by atoms with Gasteiger partial charge in [0, 0.05) is 29.8 Å². The van der Waals surface area contributed by atoms with Crippen molar-refractivity contribution >= 4 is 45.7 Å². The number of nitrogens with one attached hydrogen (secondary N) is 2. The van der Waals surface area contributed by atoms with Crippen molar-refractivity contribution in [3.05, 3.63) is 106 Å². The van der Waals surface area contributed by atoms with Crippen LogP contribution in [0.4, 0.5) is 5.69 Å². The maximum absolute atomic E-state index is 12.8. The first-order chi connectivity index (χ1) is 15.4. The lowest BCUT2D eigenvalue weighted by Crippen LogP contribution is -2.32. The minimum atomic E-state index is -0.528. The number of anilines is 1. The lowest BCUT2D eigenvalue weighted by atomic mass is 10.1. The van der Waals surface area contributed by atoms with Crippen LogP contribution in [0.5, 0.6) is 0 Å². The summed E-state index contributed by atoms with van der Waals surface area (Å²) in [4.78, 5) is 27.4. The number of halogens is 1. The number of hydrazone groups is 1. The summed E-state index contributed by atoms with van der Waals surface area (Å²) >= 11 is 3.38. The van der Waals surface area contributed by atoms with Crippen LogP contribution in [0.15, 0.2) is 94.1 Å². The smallest absolute Gasteiger partial charge is 0.287 e. The van der Waals surface area contributed by atoms with Gasteiger partial charge in [-0.05, 0) is 53.6 Å². The first kappa shape index (κ1) is 23.0. The molecule has 0 fully saturated rings. The Morgan fingerprint density at radius 2 is 1.50 bits per heavy atom. The van der Waals surface area contributed by atoms with E-state index in [-0.39, 0.29) is 11.6 Å². The largest absolute Gasteiger partial charge is 0.378 e. The highest BCUT2D eigenvalue weighted by Gasteiger charge is 2.14. The maximum Gasteiger partial charge on any atom is 0.287 e. The van der Waals surface area contributed by atoms with Gasteiger partial charge in [0.2, 0.25) is 0 Å². The molecule has 0 radical (unpaired) electrons. The second-order valence-electron chi connectivity index (χ2n) is 7.11. The highest BCUT2D eigenvalue weighted by Crippen LogP contribution is 2.15. The van der Waals surface area contributed by atoms with E-state index >= 15 is 0 Å². The molecule has 3 aromatic rings. The van der Waals surface area contributed by atoms with E-state index in [1.54, 1.807) is 30.3 Å². The monoisotopic (exact) mass is 490 g/mol. The molecule has 0 bridgehead atoms. The van der Waals surface area contributed by atoms with Gasteiger partial charge in [0.25, 0.3) is 11.8 Å². The van der Waals surface area contributed by atoms with Gasteiger partial charge in [-0.15, -0.1) is 0 Å². The highest BCUT2D eigenvalue weighted by atomic mass is 79.9. The molecule has 0 saturated heterocycles. The summed E-state index contributed by atoms with van der Waals surface area (Å²) in [5.74, 6) is -0.909. The molecule has 0 aliphatic carbocycles. The molecule has 2 N–H and O–H groups in total. The average molecular weight is 491 g/mol. The van der Waals surface area contributed by atoms with E-state index in [0.717, 1.165) is 21.3 Å². The van der Waals surface area contributed by atoms with Gasteiger partial charge in [-0.3, -0.25) is 9.59 Å². The average Bonchev–Trinajstić information content (AvgIpc) is 2.80. The maximum atomic E-state index is 12.8. The lowest BCUT2D eigenvalue weighted by Gasteiger charge is -2.12. The molecule has 0 aliphatic heterocycles. The predicted octanol–water partition coefficient (Wildman–Crippen LogP) is 4.44. The number of benzene rings is 3. The minimum Gasteiger partial charge on any atom is -0.378 e. The van der Waals surface area contributed by atoms with E-state index in [1.165, 1.54) is 6.21 Å². The van der Waals surface area contributed by atoms with Gasteiger partial charge < -0.3 is 10.2 Å². The topological polar surface area (TPSA) is 73.8 Å². The molecule has 0 spiro atoms. The van der Waals surface area contributed by atoms with Crippen LogP contribution in [-0.4, -0.2) is 32.1 Å². The molecule has 0 aromatic heterocycles. The van der Waals surface area contributed by atoms with Gasteiger partial charge in [0.05, 0.1) is 6.21 Å². The molecule has 3 rings (SSSR count). The molecule has 0 heterocycles. The Kier molecular flexibility index (Phi) is 7.94. The summed E-state index contributed by atoms with van der Waals surface area (Å²) in [5.41, 5.74) is 5.64. The molecule has 0 atom stereocenters. The van der Waals surface area contributed by atoms with Crippen molar-refractivity contribution in [2.45, 2.75) is 0 Å². The number of hydrogen-bond acceptors (Lipinski definition) is 4. The van der Waals surface area contributed by atoms with Crippen LogP contribution in [0.1, 0.15) is 21.5 Å². The Hall–Kier alpha value is -3.71. The number of carbonyl (C=O) groups excluding carboxylic acids is 2. The van der Waals surface area contributed by atoms with Crippen LogP contribution < -0.4 is 15.6 Å². The summed E-state index contributed by atoms with van der Waals surface area (Å²) in [5, 5.41) is 6.71. The van der Waals surface area contributed by atoms with Gasteiger partial charge in [-0.1, -0.05) is 58.4 Å².